The van der Waals surface area contributed by atoms with Crippen LogP contribution in [-0.2, 0) is 16.0 Å². The summed E-state index contributed by atoms with van der Waals surface area (Å²) in [7, 11) is 0. The number of hydrogen-bond acceptors (Lipinski definition) is 2. The number of hydrogen-bond donors (Lipinski definition) is 2. The lowest BCUT2D eigenvalue weighted by Crippen LogP contribution is -2.34. The fraction of sp³-hybridized carbons (Fsp3) is 0.429. The second-order valence-electron chi connectivity index (χ2n) is 4.88. The van der Waals surface area contributed by atoms with E-state index in [1.807, 2.05) is 18.2 Å². The summed E-state index contributed by atoms with van der Waals surface area (Å²) >= 11 is 5.99. The van der Waals surface area contributed by atoms with Gasteiger partial charge in [-0.05, 0) is 30.9 Å². The first kappa shape index (κ1) is 13.9. The molecule has 0 aromatic heterocycles. The maximum atomic E-state index is 11.9. The van der Waals surface area contributed by atoms with Crippen LogP contribution in [0.3, 0.4) is 0 Å². The standard InChI is InChI=1S/C14H16ClNO3/c15-12-4-2-1-3-9(12)8-13(17)16-11-6-5-10(7-11)14(18)19/h1-4,10-11H,5-8H2,(H,16,17)(H,18,19)/t10-,11+/m0/s1. The molecule has 0 radical (unpaired) electrons. The average molecular weight is 282 g/mol. The monoisotopic (exact) mass is 281 g/mol. The van der Waals surface area contributed by atoms with Crippen molar-refractivity contribution in [1.82, 2.24) is 5.32 Å². The molecule has 0 unspecified atom stereocenters. The van der Waals surface area contributed by atoms with E-state index in [2.05, 4.69) is 5.32 Å². The molecule has 19 heavy (non-hydrogen) atoms. The summed E-state index contributed by atoms with van der Waals surface area (Å²) in [6.45, 7) is 0. The molecule has 2 rings (SSSR count). The van der Waals surface area contributed by atoms with E-state index in [1.54, 1.807) is 6.07 Å². The average Bonchev–Trinajstić information content (AvgIpc) is 2.80. The number of halogens is 1. The molecule has 5 heteroatoms. The molecule has 102 valence electrons. The Hall–Kier alpha value is -1.55. The van der Waals surface area contributed by atoms with Gasteiger partial charge >= 0.3 is 5.97 Å². The number of rotatable bonds is 4. The highest BCUT2D eigenvalue weighted by Crippen LogP contribution is 2.25. The van der Waals surface area contributed by atoms with Gasteiger partial charge in [-0.2, -0.15) is 0 Å². The lowest BCUT2D eigenvalue weighted by molar-refractivity contribution is -0.141. The number of nitrogens with one attached hydrogen (secondary N) is 1. The molecule has 1 fully saturated rings. The van der Waals surface area contributed by atoms with E-state index in [1.165, 1.54) is 0 Å². The van der Waals surface area contributed by atoms with E-state index < -0.39 is 5.97 Å². The lowest BCUT2D eigenvalue weighted by atomic mass is 10.1. The van der Waals surface area contributed by atoms with Gasteiger partial charge in [-0.25, -0.2) is 0 Å². The third kappa shape index (κ3) is 3.70. The van der Waals surface area contributed by atoms with Gasteiger partial charge in [0, 0.05) is 11.1 Å². The molecule has 2 N–H and O–H groups in total. The van der Waals surface area contributed by atoms with Crippen molar-refractivity contribution in [1.29, 1.82) is 0 Å². The van der Waals surface area contributed by atoms with Crippen molar-refractivity contribution in [3.63, 3.8) is 0 Å². The smallest absolute Gasteiger partial charge is 0.306 e. The molecule has 1 aromatic rings. The highest BCUT2D eigenvalue weighted by molar-refractivity contribution is 6.31. The summed E-state index contributed by atoms with van der Waals surface area (Å²) in [5.74, 6) is -1.21. The van der Waals surface area contributed by atoms with Gasteiger partial charge in [0.1, 0.15) is 0 Å². The third-order valence-corrected chi connectivity index (χ3v) is 3.82. The second-order valence-corrected chi connectivity index (χ2v) is 5.29. The van der Waals surface area contributed by atoms with Crippen LogP contribution >= 0.6 is 11.6 Å². The minimum Gasteiger partial charge on any atom is -0.481 e. The predicted molar refractivity (Wildman–Crippen MR) is 72.1 cm³/mol. The first-order valence-corrected chi connectivity index (χ1v) is 6.69. The third-order valence-electron chi connectivity index (χ3n) is 3.46. The highest BCUT2D eigenvalue weighted by atomic mass is 35.5. The highest BCUT2D eigenvalue weighted by Gasteiger charge is 2.30. The van der Waals surface area contributed by atoms with Crippen LogP contribution in [0.1, 0.15) is 24.8 Å². The fourth-order valence-electron chi connectivity index (χ4n) is 2.43. The van der Waals surface area contributed by atoms with Crippen LogP contribution in [0, 0.1) is 5.92 Å². The zero-order chi connectivity index (χ0) is 13.8. The Kier molecular flexibility index (Phi) is 4.43. The first-order valence-electron chi connectivity index (χ1n) is 6.32. The summed E-state index contributed by atoms with van der Waals surface area (Å²) in [6, 6.07) is 7.19. The lowest BCUT2D eigenvalue weighted by Gasteiger charge is -2.12. The van der Waals surface area contributed by atoms with E-state index in [-0.39, 0.29) is 24.3 Å². The largest absolute Gasteiger partial charge is 0.481 e. The number of benzene rings is 1. The zero-order valence-electron chi connectivity index (χ0n) is 10.4. The Balaban J connectivity index is 1.86. The maximum Gasteiger partial charge on any atom is 0.306 e. The zero-order valence-corrected chi connectivity index (χ0v) is 11.2. The van der Waals surface area contributed by atoms with Gasteiger partial charge in [-0.15, -0.1) is 0 Å². The Bertz CT molecular complexity index is 489. The number of carbonyl (C=O) groups excluding carboxylic acids is 1. The summed E-state index contributed by atoms with van der Waals surface area (Å²) in [4.78, 5) is 22.7. The van der Waals surface area contributed by atoms with Crippen LogP contribution < -0.4 is 5.32 Å². The number of carboxylic acids is 1. The van der Waals surface area contributed by atoms with Crippen LogP contribution in [0.4, 0.5) is 0 Å². The Morgan fingerprint density at radius 1 is 1.32 bits per heavy atom. The van der Waals surface area contributed by atoms with Crippen molar-refractivity contribution < 1.29 is 14.7 Å². The van der Waals surface area contributed by atoms with Crippen molar-refractivity contribution in [2.24, 2.45) is 5.92 Å². The molecule has 0 heterocycles. The van der Waals surface area contributed by atoms with Crippen molar-refractivity contribution in [2.45, 2.75) is 31.7 Å². The second kappa shape index (κ2) is 6.06. The molecule has 1 aromatic carbocycles. The van der Waals surface area contributed by atoms with Crippen LogP contribution in [0.15, 0.2) is 24.3 Å². The van der Waals surface area contributed by atoms with E-state index in [0.717, 1.165) is 12.0 Å². The van der Waals surface area contributed by atoms with Gasteiger partial charge in [0.15, 0.2) is 0 Å². The van der Waals surface area contributed by atoms with Crippen LogP contribution in [0.25, 0.3) is 0 Å². The number of amides is 1. The number of carbonyl (C=O) groups is 2. The minimum absolute atomic E-state index is 0.0314. The van der Waals surface area contributed by atoms with Crippen LogP contribution in [0.2, 0.25) is 5.02 Å². The fourth-order valence-corrected chi connectivity index (χ4v) is 2.63. The van der Waals surface area contributed by atoms with Crippen molar-refractivity contribution in [3.8, 4) is 0 Å². The van der Waals surface area contributed by atoms with Gasteiger partial charge in [-0.3, -0.25) is 9.59 Å². The van der Waals surface area contributed by atoms with Crippen LogP contribution in [-0.4, -0.2) is 23.0 Å². The molecule has 1 aliphatic carbocycles. The normalized spacial score (nSPS) is 22.2. The van der Waals surface area contributed by atoms with Gasteiger partial charge in [0.25, 0.3) is 0 Å². The molecule has 0 saturated heterocycles. The molecule has 1 aliphatic rings. The van der Waals surface area contributed by atoms with Crippen molar-refractivity contribution in [2.75, 3.05) is 0 Å². The summed E-state index contributed by atoms with van der Waals surface area (Å²) in [5, 5.41) is 12.4. The Labute approximate surface area is 116 Å². The topological polar surface area (TPSA) is 66.4 Å². The maximum absolute atomic E-state index is 11.9. The molecule has 0 bridgehead atoms. The Morgan fingerprint density at radius 2 is 2.05 bits per heavy atom. The molecular weight excluding hydrogens is 266 g/mol. The molecule has 1 amide bonds. The molecular formula is C14H16ClNO3. The SMILES string of the molecule is O=C(Cc1ccccc1Cl)N[C@@H]1CC[C@H](C(=O)O)C1. The van der Waals surface area contributed by atoms with Gasteiger partial charge in [-0.1, -0.05) is 29.8 Å². The van der Waals surface area contributed by atoms with E-state index in [9.17, 15) is 9.59 Å². The van der Waals surface area contributed by atoms with Gasteiger partial charge < -0.3 is 10.4 Å². The summed E-state index contributed by atoms with van der Waals surface area (Å²) < 4.78 is 0. The molecule has 0 aliphatic heterocycles. The van der Waals surface area contributed by atoms with Crippen molar-refractivity contribution >= 4 is 23.5 Å². The van der Waals surface area contributed by atoms with Crippen LogP contribution in [0.5, 0.6) is 0 Å². The van der Waals surface area contributed by atoms with E-state index >= 15 is 0 Å². The molecule has 2 atom stereocenters. The summed E-state index contributed by atoms with van der Waals surface area (Å²) in [5.41, 5.74) is 0.787. The molecule has 4 nitrogen and oxygen atoms in total. The number of aliphatic carboxylic acids is 1. The minimum atomic E-state index is -0.775. The first-order chi connectivity index (χ1) is 9.06. The van der Waals surface area contributed by atoms with Gasteiger partial charge in [0.05, 0.1) is 12.3 Å². The van der Waals surface area contributed by atoms with E-state index in [0.29, 0.717) is 17.9 Å². The van der Waals surface area contributed by atoms with Gasteiger partial charge in [0.2, 0.25) is 5.91 Å². The van der Waals surface area contributed by atoms with E-state index in [4.69, 9.17) is 16.7 Å². The Morgan fingerprint density at radius 3 is 2.68 bits per heavy atom. The predicted octanol–water partition coefficient (Wildman–Crippen LogP) is 2.25. The quantitative estimate of drug-likeness (QED) is 0.889. The molecule has 0 spiro atoms. The van der Waals surface area contributed by atoms with Crippen molar-refractivity contribution in [3.05, 3.63) is 34.9 Å². The summed E-state index contributed by atoms with van der Waals surface area (Å²) in [6.07, 6.45) is 2.11. The molecule has 1 saturated carbocycles. The number of carboxylic acid groups (broad SMARTS) is 1.